The summed E-state index contributed by atoms with van der Waals surface area (Å²) in [5, 5.41) is 11.2. The predicted octanol–water partition coefficient (Wildman–Crippen LogP) is 5.73. The van der Waals surface area contributed by atoms with Crippen LogP contribution < -0.4 is 0 Å². The summed E-state index contributed by atoms with van der Waals surface area (Å²) in [7, 11) is 2.11. The normalized spacial score (nSPS) is 22.2. The van der Waals surface area contributed by atoms with Crippen molar-refractivity contribution in [1.82, 2.24) is 24.6 Å². The van der Waals surface area contributed by atoms with Crippen LogP contribution in [0.15, 0.2) is 18.2 Å². The van der Waals surface area contributed by atoms with Gasteiger partial charge in [0.05, 0.1) is 22.9 Å². The lowest BCUT2D eigenvalue weighted by molar-refractivity contribution is 0.315. The van der Waals surface area contributed by atoms with Gasteiger partial charge in [0, 0.05) is 23.4 Å². The Labute approximate surface area is 184 Å². The molecule has 1 aromatic carbocycles. The molecule has 1 aliphatic carbocycles. The van der Waals surface area contributed by atoms with Gasteiger partial charge < -0.3 is 0 Å². The number of aromatic nitrogens is 4. The second kappa shape index (κ2) is 7.65. The van der Waals surface area contributed by atoms with Crippen LogP contribution in [0.3, 0.4) is 0 Å². The standard InChI is InChI=1S/C21H23Cl2N5S/c1-12-19(23)29-21(24-12)14-5-3-13(4-6-14)20-26-25-18-11-27(2)10-15-9-16(22)7-8-17(15)28(18)20/h7-9,13-14H,3-6,10-11H2,1-2H3/t13-,14-. The Kier molecular flexibility index (Phi) is 5.14. The predicted molar refractivity (Wildman–Crippen MR) is 117 cm³/mol. The van der Waals surface area contributed by atoms with Gasteiger partial charge in [-0.15, -0.1) is 21.5 Å². The minimum atomic E-state index is 0.413. The van der Waals surface area contributed by atoms with Gasteiger partial charge in [0.15, 0.2) is 5.82 Å². The van der Waals surface area contributed by atoms with E-state index in [1.165, 1.54) is 16.3 Å². The van der Waals surface area contributed by atoms with Gasteiger partial charge in [-0.25, -0.2) is 4.98 Å². The van der Waals surface area contributed by atoms with Crippen molar-refractivity contribution in [3.63, 3.8) is 0 Å². The minimum Gasteiger partial charge on any atom is -0.295 e. The van der Waals surface area contributed by atoms with E-state index in [0.717, 1.165) is 65.5 Å². The van der Waals surface area contributed by atoms with Crippen molar-refractivity contribution in [3.05, 3.63) is 55.5 Å². The topological polar surface area (TPSA) is 46.8 Å². The van der Waals surface area contributed by atoms with Gasteiger partial charge in [0.25, 0.3) is 0 Å². The summed E-state index contributed by atoms with van der Waals surface area (Å²) < 4.78 is 3.11. The van der Waals surface area contributed by atoms with E-state index in [-0.39, 0.29) is 0 Å². The van der Waals surface area contributed by atoms with Crippen LogP contribution in [0.1, 0.15) is 65.4 Å². The van der Waals surface area contributed by atoms with E-state index < -0.39 is 0 Å². The fraction of sp³-hybridized carbons (Fsp3) is 0.476. The van der Waals surface area contributed by atoms with Gasteiger partial charge in [0.1, 0.15) is 10.2 Å². The molecular formula is C21H23Cl2N5S. The number of hydrogen-bond acceptors (Lipinski definition) is 5. The summed E-state index contributed by atoms with van der Waals surface area (Å²) in [5.41, 5.74) is 3.34. The lowest BCUT2D eigenvalue weighted by Crippen LogP contribution is -2.17. The zero-order valence-electron chi connectivity index (χ0n) is 16.5. The highest BCUT2D eigenvalue weighted by molar-refractivity contribution is 7.16. The molecule has 0 unspecified atom stereocenters. The lowest BCUT2D eigenvalue weighted by Gasteiger charge is -2.27. The summed E-state index contributed by atoms with van der Waals surface area (Å²) in [6.45, 7) is 3.63. The molecular weight excluding hydrogens is 425 g/mol. The summed E-state index contributed by atoms with van der Waals surface area (Å²) in [5.74, 6) is 3.01. The summed E-state index contributed by atoms with van der Waals surface area (Å²) in [4.78, 5) is 6.95. The van der Waals surface area contributed by atoms with Crippen molar-refractivity contribution in [2.45, 2.75) is 57.5 Å². The lowest BCUT2D eigenvalue weighted by atomic mass is 9.82. The smallest absolute Gasteiger partial charge is 0.151 e. The van der Waals surface area contributed by atoms with Gasteiger partial charge in [-0.1, -0.05) is 23.2 Å². The van der Waals surface area contributed by atoms with Crippen molar-refractivity contribution in [3.8, 4) is 5.69 Å². The first kappa shape index (κ1) is 19.5. The van der Waals surface area contributed by atoms with E-state index >= 15 is 0 Å². The van der Waals surface area contributed by atoms with Crippen molar-refractivity contribution < 1.29 is 0 Å². The molecule has 2 aliphatic rings. The fourth-order valence-corrected chi connectivity index (χ4v) is 6.05. The molecule has 5 rings (SSSR count). The zero-order chi connectivity index (χ0) is 20.1. The van der Waals surface area contributed by atoms with Gasteiger partial charge in [-0.05, 0) is 63.4 Å². The molecule has 152 valence electrons. The highest BCUT2D eigenvalue weighted by atomic mass is 35.5. The quantitative estimate of drug-likeness (QED) is 0.503. The average molecular weight is 448 g/mol. The van der Waals surface area contributed by atoms with E-state index in [9.17, 15) is 0 Å². The number of nitrogens with zero attached hydrogens (tertiary/aromatic N) is 5. The number of thiazole rings is 1. The third kappa shape index (κ3) is 3.61. The summed E-state index contributed by atoms with van der Waals surface area (Å²) in [6, 6.07) is 6.14. The zero-order valence-corrected chi connectivity index (χ0v) is 18.9. The summed E-state index contributed by atoms with van der Waals surface area (Å²) >= 11 is 14.2. The molecule has 0 atom stereocenters. The van der Waals surface area contributed by atoms with Gasteiger partial charge >= 0.3 is 0 Å². The van der Waals surface area contributed by atoms with Crippen LogP contribution in [0.2, 0.25) is 9.36 Å². The Balaban J connectivity index is 1.44. The Bertz CT molecular complexity index is 1030. The molecule has 3 heterocycles. The largest absolute Gasteiger partial charge is 0.295 e. The van der Waals surface area contributed by atoms with Gasteiger partial charge in [-0.3, -0.25) is 9.47 Å². The molecule has 2 aromatic heterocycles. The van der Waals surface area contributed by atoms with Crippen LogP contribution in [-0.2, 0) is 13.1 Å². The molecule has 0 spiro atoms. The van der Waals surface area contributed by atoms with Gasteiger partial charge in [0.2, 0.25) is 0 Å². The van der Waals surface area contributed by atoms with Crippen molar-refractivity contribution in [1.29, 1.82) is 0 Å². The van der Waals surface area contributed by atoms with Crippen LogP contribution in [0.5, 0.6) is 0 Å². The molecule has 8 heteroatoms. The minimum absolute atomic E-state index is 0.413. The molecule has 0 amide bonds. The SMILES string of the molecule is Cc1nc([C@H]2CC[C@H](c3nnc4n3-c3ccc(Cl)cc3CN(C)C4)CC2)sc1Cl. The van der Waals surface area contributed by atoms with Crippen molar-refractivity contribution in [2.75, 3.05) is 7.05 Å². The van der Waals surface area contributed by atoms with E-state index in [0.29, 0.717) is 11.8 Å². The maximum atomic E-state index is 6.28. The Morgan fingerprint density at radius 3 is 2.52 bits per heavy atom. The van der Waals surface area contributed by atoms with E-state index in [1.54, 1.807) is 11.3 Å². The third-order valence-corrected chi connectivity index (χ3v) is 7.94. The first-order chi connectivity index (χ1) is 14.0. The summed E-state index contributed by atoms with van der Waals surface area (Å²) in [6.07, 6.45) is 4.42. The number of benzene rings is 1. The first-order valence-corrected chi connectivity index (χ1v) is 11.6. The number of hydrogen-bond donors (Lipinski definition) is 0. The van der Waals surface area contributed by atoms with Crippen LogP contribution in [0.25, 0.3) is 5.69 Å². The molecule has 29 heavy (non-hydrogen) atoms. The monoisotopic (exact) mass is 447 g/mol. The Hall–Kier alpha value is -1.47. The number of halogens is 2. The Morgan fingerprint density at radius 1 is 1.03 bits per heavy atom. The molecule has 1 saturated carbocycles. The Morgan fingerprint density at radius 2 is 1.79 bits per heavy atom. The molecule has 0 N–H and O–H groups in total. The van der Waals surface area contributed by atoms with E-state index in [4.69, 9.17) is 23.2 Å². The highest BCUT2D eigenvalue weighted by Gasteiger charge is 2.31. The molecule has 0 saturated heterocycles. The third-order valence-electron chi connectivity index (χ3n) is 6.09. The molecule has 5 nitrogen and oxygen atoms in total. The van der Waals surface area contributed by atoms with Crippen LogP contribution >= 0.6 is 34.5 Å². The average Bonchev–Trinajstić information content (AvgIpc) is 3.21. The highest BCUT2D eigenvalue weighted by Crippen LogP contribution is 2.43. The molecule has 1 aliphatic heterocycles. The fourth-order valence-electron chi connectivity index (χ4n) is 4.62. The number of fused-ring (bicyclic) bond motifs is 3. The molecule has 3 aromatic rings. The van der Waals surface area contributed by atoms with Crippen molar-refractivity contribution in [2.24, 2.45) is 0 Å². The molecule has 0 bridgehead atoms. The second-order valence-corrected chi connectivity index (χ2v) is 10.3. The van der Waals surface area contributed by atoms with Crippen LogP contribution in [0, 0.1) is 6.92 Å². The molecule has 0 radical (unpaired) electrons. The maximum absolute atomic E-state index is 6.28. The van der Waals surface area contributed by atoms with Crippen LogP contribution in [0.4, 0.5) is 0 Å². The van der Waals surface area contributed by atoms with Crippen LogP contribution in [-0.4, -0.2) is 31.7 Å². The number of rotatable bonds is 2. The van der Waals surface area contributed by atoms with Gasteiger partial charge in [-0.2, -0.15) is 0 Å². The maximum Gasteiger partial charge on any atom is 0.151 e. The molecule has 1 fully saturated rings. The van der Waals surface area contributed by atoms with Crippen molar-refractivity contribution >= 4 is 34.5 Å². The number of aryl methyl sites for hydroxylation is 1. The first-order valence-electron chi connectivity index (χ1n) is 10.0. The van der Waals surface area contributed by atoms with E-state index in [1.807, 2.05) is 13.0 Å². The van der Waals surface area contributed by atoms with E-state index in [2.05, 4.69) is 43.8 Å². The second-order valence-electron chi connectivity index (χ2n) is 8.21.